The highest BCUT2D eigenvalue weighted by molar-refractivity contribution is 7.92. The van der Waals surface area contributed by atoms with Gasteiger partial charge in [0.05, 0.1) is 0 Å². The summed E-state index contributed by atoms with van der Waals surface area (Å²) in [7, 11) is -3.50. The van der Waals surface area contributed by atoms with E-state index in [1.54, 1.807) is 22.8 Å². The molecule has 28 heavy (non-hydrogen) atoms. The predicted molar refractivity (Wildman–Crippen MR) is 108 cm³/mol. The van der Waals surface area contributed by atoms with Crippen LogP contribution in [0.1, 0.15) is 25.3 Å². The fourth-order valence-corrected chi connectivity index (χ4v) is 4.85. The molecule has 152 valence electrons. The lowest BCUT2D eigenvalue weighted by molar-refractivity contribution is -0.141. The SMILES string of the molecule is CC(=O)N1CCC(C(=O)N2CCN(S(=O)(=O)/C=C/c3ccccc3)CC2)CC1. The van der Waals surface area contributed by atoms with E-state index in [1.165, 1.54) is 9.71 Å². The summed E-state index contributed by atoms with van der Waals surface area (Å²) >= 11 is 0. The van der Waals surface area contributed by atoms with Gasteiger partial charge in [-0.05, 0) is 24.5 Å². The Labute approximate surface area is 166 Å². The lowest BCUT2D eigenvalue weighted by Crippen LogP contribution is -2.52. The van der Waals surface area contributed by atoms with Crippen LogP contribution < -0.4 is 0 Å². The first-order valence-electron chi connectivity index (χ1n) is 9.64. The van der Waals surface area contributed by atoms with Crippen LogP contribution in [0.4, 0.5) is 0 Å². The van der Waals surface area contributed by atoms with Gasteiger partial charge in [-0.15, -0.1) is 0 Å². The number of sulfonamides is 1. The van der Waals surface area contributed by atoms with Crippen molar-refractivity contribution in [3.63, 3.8) is 0 Å². The van der Waals surface area contributed by atoms with Crippen molar-refractivity contribution in [3.05, 3.63) is 41.3 Å². The highest BCUT2D eigenvalue weighted by atomic mass is 32.2. The van der Waals surface area contributed by atoms with E-state index in [1.807, 2.05) is 30.3 Å². The highest BCUT2D eigenvalue weighted by Crippen LogP contribution is 2.21. The number of hydrogen-bond acceptors (Lipinski definition) is 4. The monoisotopic (exact) mass is 405 g/mol. The van der Waals surface area contributed by atoms with E-state index >= 15 is 0 Å². The zero-order chi connectivity index (χ0) is 20.1. The summed E-state index contributed by atoms with van der Waals surface area (Å²) in [6.45, 7) is 4.20. The molecule has 2 saturated heterocycles. The average Bonchev–Trinajstić information content (AvgIpc) is 2.73. The number of likely N-dealkylation sites (tertiary alicyclic amines) is 1. The van der Waals surface area contributed by atoms with Crippen LogP contribution in [0, 0.1) is 5.92 Å². The van der Waals surface area contributed by atoms with Crippen molar-refractivity contribution in [3.8, 4) is 0 Å². The zero-order valence-corrected chi connectivity index (χ0v) is 17.0. The summed E-state index contributed by atoms with van der Waals surface area (Å²) in [5.41, 5.74) is 0.830. The lowest BCUT2D eigenvalue weighted by atomic mass is 9.95. The molecule has 7 nitrogen and oxygen atoms in total. The van der Waals surface area contributed by atoms with Crippen molar-refractivity contribution in [2.75, 3.05) is 39.3 Å². The van der Waals surface area contributed by atoms with Gasteiger partial charge in [0.15, 0.2) is 0 Å². The van der Waals surface area contributed by atoms with Gasteiger partial charge < -0.3 is 9.80 Å². The molecule has 1 aromatic carbocycles. The maximum atomic E-state index is 12.7. The molecule has 2 aliphatic rings. The second kappa shape index (κ2) is 8.87. The molecule has 2 aliphatic heterocycles. The van der Waals surface area contributed by atoms with E-state index in [9.17, 15) is 18.0 Å². The molecule has 0 aliphatic carbocycles. The van der Waals surface area contributed by atoms with E-state index in [4.69, 9.17) is 0 Å². The summed E-state index contributed by atoms with van der Waals surface area (Å²) in [4.78, 5) is 27.7. The van der Waals surface area contributed by atoms with Gasteiger partial charge in [-0.1, -0.05) is 30.3 Å². The number of carbonyl (C=O) groups excluding carboxylic acids is 2. The van der Waals surface area contributed by atoms with Gasteiger partial charge in [0.2, 0.25) is 21.8 Å². The minimum Gasteiger partial charge on any atom is -0.343 e. The Morgan fingerprint density at radius 1 is 0.929 bits per heavy atom. The molecule has 0 N–H and O–H groups in total. The van der Waals surface area contributed by atoms with E-state index in [0.717, 1.165) is 5.56 Å². The number of rotatable bonds is 4. The lowest BCUT2D eigenvalue weighted by Gasteiger charge is -2.37. The van der Waals surface area contributed by atoms with E-state index < -0.39 is 10.0 Å². The fourth-order valence-electron chi connectivity index (χ4n) is 3.68. The molecule has 0 saturated carbocycles. The van der Waals surface area contributed by atoms with Crippen LogP contribution in [0.2, 0.25) is 0 Å². The zero-order valence-electron chi connectivity index (χ0n) is 16.2. The van der Waals surface area contributed by atoms with Crippen LogP contribution in [-0.2, 0) is 19.6 Å². The molecular weight excluding hydrogens is 378 g/mol. The summed E-state index contributed by atoms with van der Waals surface area (Å²) in [5, 5.41) is 1.23. The Bertz CT molecular complexity index is 822. The van der Waals surface area contributed by atoms with Crippen LogP contribution in [-0.4, -0.2) is 73.6 Å². The molecule has 0 aromatic heterocycles. The molecule has 3 rings (SSSR count). The number of nitrogens with zero attached hydrogens (tertiary/aromatic N) is 3. The number of hydrogen-bond donors (Lipinski definition) is 0. The molecule has 0 bridgehead atoms. The summed E-state index contributed by atoms with van der Waals surface area (Å²) < 4.78 is 26.5. The first-order chi connectivity index (χ1) is 13.4. The Balaban J connectivity index is 1.52. The van der Waals surface area contributed by atoms with Crippen LogP contribution >= 0.6 is 0 Å². The fraction of sp³-hybridized carbons (Fsp3) is 0.500. The van der Waals surface area contributed by atoms with E-state index in [-0.39, 0.29) is 17.7 Å². The number of piperazine rings is 1. The van der Waals surface area contributed by atoms with Gasteiger partial charge in [-0.2, -0.15) is 4.31 Å². The number of benzene rings is 1. The maximum Gasteiger partial charge on any atom is 0.236 e. The van der Waals surface area contributed by atoms with Gasteiger partial charge in [-0.3, -0.25) is 9.59 Å². The van der Waals surface area contributed by atoms with Crippen LogP contribution in [0.25, 0.3) is 6.08 Å². The van der Waals surface area contributed by atoms with Crippen molar-refractivity contribution in [1.82, 2.24) is 14.1 Å². The average molecular weight is 406 g/mol. The predicted octanol–water partition coefficient (Wildman–Crippen LogP) is 1.39. The third-order valence-corrected chi connectivity index (χ3v) is 7.00. The van der Waals surface area contributed by atoms with Gasteiger partial charge in [0, 0.05) is 57.5 Å². The second-order valence-electron chi connectivity index (χ2n) is 7.26. The molecule has 0 atom stereocenters. The highest BCUT2D eigenvalue weighted by Gasteiger charge is 2.32. The van der Waals surface area contributed by atoms with Crippen molar-refractivity contribution >= 4 is 27.9 Å². The molecular formula is C20H27N3O4S. The number of amides is 2. The molecule has 8 heteroatoms. The second-order valence-corrected chi connectivity index (χ2v) is 9.08. The van der Waals surface area contributed by atoms with E-state index in [0.29, 0.717) is 52.1 Å². The summed E-state index contributed by atoms with van der Waals surface area (Å²) in [6, 6.07) is 9.29. The Morgan fingerprint density at radius 2 is 1.54 bits per heavy atom. The molecule has 0 spiro atoms. The third kappa shape index (κ3) is 4.99. The van der Waals surface area contributed by atoms with Crippen molar-refractivity contribution in [2.24, 2.45) is 5.92 Å². The Kier molecular flexibility index (Phi) is 6.51. The van der Waals surface area contributed by atoms with Gasteiger partial charge in [-0.25, -0.2) is 8.42 Å². The van der Waals surface area contributed by atoms with Crippen LogP contribution in [0.15, 0.2) is 35.7 Å². The summed E-state index contributed by atoms with van der Waals surface area (Å²) in [6.07, 6.45) is 2.95. The summed E-state index contributed by atoms with van der Waals surface area (Å²) in [5.74, 6) is 0.0603. The van der Waals surface area contributed by atoms with Crippen LogP contribution in [0.3, 0.4) is 0 Å². The Morgan fingerprint density at radius 3 is 2.11 bits per heavy atom. The standard InChI is InChI=1S/C20H27N3O4S/c1-17(24)21-10-7-19(8-11-21)20(25)22-12-14-23(15-13-22)28(26,27)16-9-18-5-3-2-4-6-18/h2-6,9,16,19H,7-8,10-15H2,1H3/b16-9+. The normalized spacial score (nSPS) is 19.9. The van der Waals surface area contributed by atoms with Crippen molar-refractivity contribution in [1.29, 1.82) is 0 Å². The van der Waals surface area contributed by atoms with Crippen LogP contribution in [0.5, 0.6) is 0 Å². The third-order valence-electron chi connectivity index (χ3n) is 5.43. The van der Waals surface area contributed by atoms with Gasteiger partial charge >= 0.3 is 0 Å². The minimum absolute atomic E-state index is 0.0493. The first-order valence-corrected chi connectivity index (χ1v) is 11.1. The first kappa shape index (κ1) is 20.5. The smallest absolute Gasteiger partial charge is 0.236 e. The largest absolute Gasteiger partial charge is 0.343 e. The number of carbonyl (C=O) groups is 2. The minimum atomic E-state index is -3.50. The number of piperidine rings is 1. The van der Waals surface area contributed by atoms with Gasteiger partial charge in [0.1, 0.15) is 0 Å². The van der Waals surface area contributed by atoms with Gasteiger partial charge in [0.25, 0.3) is 0 Å². The molecule has 2 heterocycles. The quantitative estimate of drug-likeness (QED) is 0.758. The molecule has 1 aromatic rings. The van der Waals surface area contributed by atoms with Crippen molar-refractivity contribution < 1.29 is 18.0 Å². The van der Waals surface area contributed by atoms with Crippen molar-refractivity contribution in [2.45, 2.75) is 19.8 Å². The van der Waals surface area contributed by atoms with E-state index in [2.05, 4.69) is 0 Å². The molecule has 2 amide bonds. The molecule has 0 radical (unpaired) electrons. The Hall–Kier alpha value is -2.19. The molecule has 0 unspecified atom stereocenters. The molecule has 2 fully saturated rings. The topological polar surface area (TPSA) is 78.0 Å². The maximum absolute atomic E-state index is 12.7.